The topological polar surface area (TPSA) is 8.17 Å². The summed E-state index contributed by atoms with van der Waals surface area (Å²) in [6, 6.07) is 86.3. The van der Waals surface area contributed by atoms with Crippen LogP contribution in [-0.4, -0.2) is 4.57 Å². The van der Waals surface area contributed by atoms with E-state index in [9.17, 15) is 0 Å². The molecule has 3 aliphatic rings. The zero-order valence-electron chi connectivity index (χ0n) is 41.1. The summed E-state index contributed by atoms with van der Waals surface area (Å²) in [5.41, 5.74) is 26.0. The molecule has 0 bridgehead atoms. The summed E-state index contributed by atoms with van der Waals surface area (Å²) in [6.07, 6.45) is 2.35. The number of rotatable bonds is 12. The van der Waals surface area contributed by atoms with Crippen molar-refractivity contribution in [3.63, 3.8) is 0 Å². The van der Waals surface area contributed by atoms with Crippen LogP contribution >= 0.6 is 23.5 Å². The van der Waals surface area contributed by atoms with Gasteiger partial charge in [0.25, 0.3) is 0 Å². The fourth-order valence-corrected chi connectivity index (χ4v) is 14.5. The normalized spacial score (nSPS) is 15.8. The number of benzene rings is 10. The van der Waals surface area contributed by atoms with Crippen molar-refractivity contribution in [2.75, 3.05) is 4.90 Å². The van der Waals surface area contributed by atoms with Crippen LogP contribution in [0.2, 0.25) is 0 Å². The Morgan fingerprint density at radius 1 is 0.425 bits per heavy atom. The van der Waals surface area contributed by atoms with E-state index in [1.54, 1.807) is 0 Å². The zero-order chi connectivity index (χ0) is 48.6. The second-order valence-corrected chi connectivity index (χ2v) is 23.1. The van der Waals surface area contributed by atoms with E-state index < -0.39 is 0 Å². The monoisotopic (exact) mass is 974 g/mol. The van der Waals surface area contributed by atoms with Crippen LogP contribution in [0.15, 0.2) is 231 Å². The van der Waals surface area contributed by atoms with Crippen LogP contribution in [0.25, 0.3) is 60.9 Å². The Bertz CT molecular complexity index is 3890. The molecule has 0 aliphatic heterocycles. The maximum absolute atomic E-state index is 2.49. The van der Waals surface area contributed by atoms with Crippen LogP contribution in [0.5, 0.6) is 0 Å². The molecular formula is C69H54N2S2. The first-order chi connectivity index (χ1) is 35.9. The van der Waals surface area contributed by atoms with E-state index in [-0.39, 0.29) is 5.41 Å². The van der Waals surface area contributed by atoms with Crippen molar-refractivity contribution < 1.29 is 0 Å². The minimum Gasteiger partial charge on any atom is -0.310 e. The van der Waals surface area contributed by atoms with Gasteiger partial charge in [0.2, 0.25) is 0 Å². The molecule has 4 heteroatoms. The van der Waals surface area contributed by atoms with E-state index in [1.165, 1.54) is 118 Å². The molecule has 0 saturated carbocycles. The molecule has 0 saturated heterocycles. The molecule has 14 rings (SSSR count). The van der Waals surface area contributed by atoms with Gasteiger partial charge < -0.3 is 9.47 Å². The van der Waals surface area contributed by atoms with Crippen molar-refractivity contribution in [3.05, 3.63) is 275 Å². The van der Waals surface area contributed by atoms with Crippen LogP contribution in [0.3, 0.4) is 0 Å². The molecule has 1 aromatic heterocycles. The van der Waals surface area contributed by atoms with Crippen molar-refractivity contribution in [3.8, 4) is 39.1 Å². The molecule has 11 aromatic rings. The molecule has 0 fully saturated rings. The van der Waals surface area contributed by atoms with E-state index in [4.69, 9.17) is 0 Å². The number of anilines is 3. The van der Waals surface area contributed by atoms with Gasteiger partial charge in [-0.25, -0.2) is 0 Å². The van der Waals surface area contributed by atoms with Gasteiger partial charge in [0.05, 0.1) is 11.0 Å². The Morgan fingerprint density at radius 3 is 1.60 bits per heavy atom. The van der Waals surface area contributed by atoms with Gasteiger partial charge in [-0.2, -0.15) is 0 Å². The number of para-hydroxylation sites is 1. The maximum atomic E-state index is 2.49. The summed E-state index contributed by atoms with van der Waals surface area (Å²) in [5, 5.41) is 3.72. The van der Waals surface area contributed by atoms with Crippen molar-refractivity contribution in [1.82, 2.24) is 4.57 Å². The highest BCUT2D eigenvalue weighted by Gasteiger charge is 2.37. The molecule has 0 radical (unpaired) electrons. The smallest absolute Gasteiger partial charge is 0.0541 e. The van der Waals surface area contributed by atoms with Crippen LogP contribution in [0, 0.1) is 0 Å². The van der Waals surface area contributed by atoms with E-state index in [0.29, 0.717) is 10.5 Å². The predicted molar refractivity (Wildman–Crippen MR) is 312 cm³/mol. The van der Waals surface area contributed by atoms with Crippen LogP contribution < -0.4 is 4.90 Å². The van der Waals surface area contributed by atoms with Gasteiger partial charge in [-0.15, -0.1) is 23.5 Å². The minimum absolute atomic E-state index is 0.148. The van der Waals surface area contributed by atoms with Crippen molar-refractivity contribution >= 4 is 62.4 Å². The van der Waals surface area contributed by atoms with Gasteiger partial charge >= 0.3 is 0 Å². The standard InChI is InChI=1S/C69H54N2S2/c1-69(2)63-38-46(44-73-68-41-52-15-7-9-17-58(52)68)22-35-59(63)60-36-34-56(42-64(60)69)70(53-30-23-48(24-31-53)47-12-4-3-5-13-47)54-32-25-49(26-33-54)50-27-37-66-62(39-50)61-18-10-11-19-65(61)71(66)55-28-20-45(21-29-55)43-72-67-40-51-14-6-8-16-57(51)67/h3-39,42,67-68H,40-41,43-44H2,1-2H3. The predicted octanol–water partition coefficient (Wildman–Crippen LogP) is 19.0. The van der Waals surface area contributed by atoms with Crippen LogP contribution in [-0.2, 0) is 29.8 Å². The molecule has 0 amide bonds. The van der Waals surface area contributed by atoms with E-state index in [1.807, 2.05) is 0 Å². The van der Waals surface area contributed by atoms with Crippen molar-refractivity contribution in [2.45, 2.75) is 54.1 Å². The summed E-state index contributed by atoms with van der Waals surface area (Å²) in [7, 11) is 0. The first kappa shape index (κ1) is 44.2. The summed E-state index contributed by atoms with van der Waals surface area (Å²) >= 11 is 4.14. The van der Waals surface area contributed by atoms with Gasteiger partial charge in [0.15, 0.2) is 0 Å². The van der Waals surface area contributed by atoms with Gasteiger partial charge in [0.1, 0.15) is 0 Å². The molecule has 1 heterocycles. The average Bonchev–Trinajstić information content (AvgIpc) is 3.87. The fraction of sp³-hybridized carbons (Fsp3) is 0.130. The number of hydrogen-bond donors (Lipinski definition) is 0. The maximum Gasteiger partial charge on any atom is 0.0541 e. The van der Waals surface area contributed by atoms with Gasteiger partial charge in [-0.05, 0) is 157 Å². The second kappa shape index (κ2) is 17.9. The summed E-state index contributed by atoms with van der Waals surface area (Å²) < 4.78 is 2.43. The quantitative estimate of drug-likeness (QED) is 0.121. The molecule has 3 aliphatic carbocycles. The zero-order valence-corrected chi connectivity index (χ0v) is 42.8. The summed E-state index contributed by atoms with van der Waals surface area (Å²) in [4.78, 5) is 2.43. The number of fused-ring (bicyclic) bond motifs is 8. The lowest BCUT2D eigenvalue weighted by atomic mass is 9.82. The third kappa shape index (κ3) is 7.73. The summed E-state index contributed by atoms with van der Waals surface area (Å²) in [6.45, 7) is 4.82. The lowest BCUT2D eigenvalue weighted by molar-refractivity contribution is 0.659. The number of thioether (sulfide) groups is 2. The highest BCUT2D eigenvalue weighted by atomic mass is 32.2. The van der Waals surface area contributed by atoms with Gasteiger partial charge in [-0.3, -0.25) is 0 Å². The number of nitrogens with zero attached hydrogens (tertiary/aromatic N) is 2. The van der Waals surface area contributed by atoms with E-state index in [2.05, 4.69) is 277 Å². The Balaban J connectivity index is 0.767. The Morgan fingerprint density at radius 2 is 0.932 bits per heavy atom. The Kier molecular flexibility index (Phi) is 10.9. The lowest BCUT2D eigenvalue weighted by Crippen LogP contribution is -2.17. The Labute approximate surface area is 437 Å². The Hall–Kier alpha value is -7.50. The first-order valence-electron chi connectivity index (χ1n) is 25.8. The molecule has 352 valence electrons. The first-order valence-corrected chi connectivity index (χ1v) is 27.9. The molecule has 10 aromatic carbocycles. The highest BCUT2D eigenvalue weighted by molar-refractivity contribution is 7.99. The summed E-state index contributed by atoms with van der Waals surface area (Å²) in [5.74, 6) is 2.04. The van der Waals surface area contributed by atoms with Crippen LogP contribution in [0.4, 0.5) is 17.1 Å². The van der Waals surface area contributed by atoms with E-state index >= 15 is 0 Å². The third-order valence-electron chi connectivity index (χ3n) is 16.1. The molecule has 0 N–H and O–H groups in total. The van der Waals surface area contributed by atoms with E-state index in [0.717, 1.165) is 28.6 Å². The molecule has 2 unspecified atom stereocenters. The van der Waals surface area contributed by atoms with Crippen molar-refractivity contribution in [2.24, 2.45) is 0 Å². The minimum atomic E-state index is -0.148. The van der Waals surface area contributed by atoms with Gasteiger partial charge in [-0.1, -0.05) is 178 Å². The molecule has 73 heavy (non-hydrogen) atoms. The number of aromatic nitrogens is 1. The largest absolute Gasteiger partial charge is 0.310 e. The van der Waals surface area contributed by atoms with Crippen molar-refractivity contribution in [1.29, 1.82) is 0 Å². The lowest BCUT2D eigenvalue weighted by Gasteiger charge is -2.29. The molecule has 2 atom stereocenters. The second-order valence-electron chi connectivity index (χ2n) is 20.7. The highest BCUT2D eigenvalue weighted by Crippen LogP contribution is 2.52. The average molecular weight is 975 g/mol. The number of hydrogen-bond acceptors (Lipinski definition) is 3. The molecule has 0 spiro atoms. The SMILES string of the molecule is CC1(C)c2cc(CSC3Cc4ccccc43)ccc2-c2ccc(N(c3ccc(-c4ccccc4)cc3)c3ccc(-c4ccc5c(c4)c4ccccc4n5-c4ccc(CSC5Cc6ccccc65)cc4)cc3)cc21. The third-order valence-corrected chi connectivity index (χ3v) is 18.7. The fourth-order valence-electron chi connectivity index (χ4n) is 12.0. The molecule has 2 nitrogen and oxygen atoms in total. The molecular weight excluding hydrogens is 921 g/mol. The van der Waals surface area contributed by atoms with Gasteiger partial charge in [0, 0.05) is 60.9 Å². The van der Waals surface area contributed by atoms with Crippen LogP contribution in [0.1, 0.15) is 68.9 Å².